The molecule has 1 amide bonds. The molecule has 1 saturated carbocycles. The number of piperidine rings is 1. The van der Waals surface area contributed by atoms with Crippen LogP contribution in [0.5, 0.6) is 0 Å². The van der Waals surface area contributed by atoms with E-state index in [0.29, 0.717) is 5.91 Å². The van der Waals surface area contributed by atoms with Crippen LogP contribution in [0.15, 0.2) is 29.6 Å². The second-order valence-corrected chi connectivity index (χ2v) is 8.76. The average Bonchev–Trinajstić information content (AvgIpc) is 3.27. The number of amides is 1. The fraction of sp³-hybridized carbons (Fsp3) is 0.524. The Kier molecular flexibility index (Phi) is 4.29. The molecule has 5 heteroatoms. The van der Waals surface area contributed by atoms with Gasteiger partial charge in [0.2, 0.25) is 5.91 Å². The number of carbonyl (C=O) groups excluding carboxylic acids is 1. The molecular formula is C21H25N3OS. The Morgan fingerprint density at radius 2 is 1.92 bits per heavy atom. The maximum Gasteiger partial charge on any atom is 0.230 e. The van der Waals surface area contributed by atoms with Crippen molar-refractivity contribution < 1.29 is 4.79 Å². The minimum Gasteiger partial charge on any atom is -0.312 e. The molecule has 0 spiro atoms. The fourth-order valence-corrected chi connectivity index (χ4v) is 5.25. The van der Waals surface area contributed by atoms with Gasteiger partial charge in [-0.15, -0.1) is 11.3 Å². The van der Waals surface area contributed by atoms with E-state index in [9.17, 15) is 4.79 Å². The molecule has 3 heterocycles. The van der Waals surface area contributed by atoms with Gasteiger partial charge in [-0.25, -0.2) is 4.98 Å². The number of carbonyl (C=O) groups is 1. The summed E-state index contributed by atoms with van der Waals surface area (Å²) in [6.45, 7) is 3.79. The van der Waals surface area contributed by atoms with Gasteiger partial charge in [0.25, 0.3) is 0 Å². The number of para-hydroxylation sites is 1. The van der Waals surface area contributed by atoms with Crippen LogP contribution in [0.2, 0.25) is 0 Å². The number of hydrogen-bond acceptors (Lipinski definition) is 4. The molecule has 0 unspecified atom stereocenters. The Morgan fingerprint density at radius 3 is 2.73 bits per heavy atom. The van der Waals surface area contributed by atoms with E-state index in [-0.39, 0.29) is 5.92 Å². The molecule has 2 aliphatic heterocycles. The molecule has 0 atom stereocenters. The van der Waals surface area contributed by atoms with Crippen molar-refractivity contribution in [1.82, 2.24) is 9.88 Å². The number of aromatic nitrogens is 1. The van der Waals surface area contributed by atoms with Crippen LogP contribution in [0.4, 0.5) is 5.69 Å². The zero-order chi connectivity index (χ0) is 17.5. The van der Waals surface area contributed by atoms with E-state index in [1.165, 1.54) is 29.1 Å². The lowest BCUT2D eigenvalue weighted by Gasteiger charge is -2.33. The summed E-state index contributed by atoms with van der Waals surface area (Å²) in [5, 5.41) is 3.56. The molecule has 5 rings (SSSR count). The highest BCUT2D eigenvalue weighted by Gasteiger charge is 2.32. The first kappa shape index (κ1) is 16.5. The largest absolute Gasteiger partial charge is 0.312 e. The number of hydrogen-bond donors (Lipinski definition) is 0. The number of thiazole rings is 1. The number of likely N-dealkylation sites (tertiary alicyclic amines) is 1. The van der Waals surface area contributed by atoms with Gasteiger partial charge in [0.15, 0.2) is 0 Å². The summed E-state index contributed by atoms with van der Waals surface area (Å²) < 4.78 is 0. The van der Waals surface area contributed by atoms with Crippen molar-refractivity contribution in [2.45, 2.75) is 44.6 Å². The summed E-state index contributed by atoms with van der Waals surface area (Å²) in [6, 6.07) is 8.35. The predicted molar refractivity (Wildman–Crippen MR) is 105 cm³/mol. The maximum atomic E-state index is 13.0. The molecule has 0 radical (unpaired) electrons. The highest BCUT2D eigenvalue weighted by atomic mass is 32.1. The maximum absolute atomic E-state index is 13.0. The highest BCUT2D eigenvalue weighted by molar-refractivity contribution is 7.09. The second-order valence-electron chi connectivity index (χ2n) is 7.87. The Bertz CT molecular complexity index is 805. The normalized spacial score (nSPS) is 21.2. The van der Waals surface area contributed by atoms with Crippen LogP contribution in [-0.4, -0.2) is 35.4 Å². The Hall–Kier alpha value is -1.72. The van der Waals surface area contributed by atoms with Crippen LogP contribution >= 0.6 is 11.3 Å². The molecule has 0 N–H and O–H groups in total. The van der Waals surface area contributed by atoms with Gasteiger partial charge in [0.1, 0.15) is 0 Å². The first-order chi connectivity index (χ1) is 12.8. The monoisotopic (exact) mass is 367 g/mol. The standard InChI is InChI=1S/C21H25N3OS/c25-21(24-12-9-15-3-1-2-4-19(15)24)17-7-10-23(11-8-17)13-18-14-26-20(22-18)16-5-6-16/h1-4,14,16-17H,5-13H2. The minimum absolute atomic E-state index is 0.176. The molecular weight excluding hydrogens is 342 g/mol. The number of nitrogens with zero attached hydrogens (tertiary/aromatic N) is 3. The van der Waals surface area contributed by atoms with E-state index in [1.54, 1.807) is 0 Å². The molecule has 4 nitrogen and oxygen atoms in total. The van der Waals surface area contributed by atoms with Gasteiger partial charge in [-0.2, -0.15) is 0 Å². The average molecular weight is 368 g/mol. The third-order valence-electron chi connectivity index (χ3n) is 5.97. The SMILES string of the molecule is O=C(C1CCN(Cc2csc(C3CC3)n2)CC1)N1CCc2ccccc21. The molecule has 1 aliphatic carbocycles. The van der Waals surface area contributed by atoms with Crippen LogP contribution in [0.25, 0.3) is 0 Å². The van der Waals surface area contributed by atoms with Crippen LogP contribution in [0.1, 0.15) is 47.9 Å². The lowest BCUT2D eigenvalue weighted by Crippen LogP contribution is -2.42. The summed E-state index contributed by atoms with van der Waals surface area (Å²) in [5.74, 6) is 1.26. The van der Waals surface area contributed by atoms with E-state index in [2.05, 4.69) is 28.5 Å². The molecule has 26 heavy (non-hydrogen) atoms. The summed E-state index contributed by atoms with van der Waals surface area (Å²) in [6.07, 6.45) is 5.57. The van der Waals surface area contributed by atoms with Crippen LogP contribution in [-0.2, 0) is 17.8 Å². The van der Waals surface area contributed by atoms with Crippen molar-refractivity contribution >= 4 is 22.9 Å². The van der Waals surface area contributed by atoms with E-state index in [0.717, 1.165) is 57.0 Å². The van der Waals surface area contributed by atoms with E-state index < -0.39 is 0 Å². The summed E-state index contributed by atoms with van der Waals surface area (Å²) in [5.41, 5.74) is 3.67. The smallest absolute Gasteiger partial charge is 0.230 e. The predicted octanol–water partition coefficient (Wildman–Crippen LogP) is 3.82. The van der Waals surface area contributed by atoms with Crippen LogP contribution < -0.4 is 4.90 Å². The number of benzene rings is 1. The van der Waals surface area contributed by atoms with Gasteiger partial charge in [-0.3, -0.25) is 9.69 Å². The number of rotatable bonds is 4. The highest BCUT2D eigenvalue weighted by Crippen LogP contribution is 2.41. The van der Waals surface area contributed by atoms with E-state index in [4.69, 9.17) is 4.98 Å². The van der Waals surface area contributed by atoms with Gasteiger partial charge in [-0.05, 0) is 56.8 Å². The fourth-order valence-electron chi connectivity index (χ4n) is 4.27. The lowest BCUT2D eigenvalue weighted by atomic mass is 9.95. The zero-order valence-corrected chi connectivity index (χ0v) is 15.9. The quantitative estimate of drug-likeness (QED) is 0.824. The van der Waals surface area contributed by atoms with Crippen molar-refractivity contribution in [3.8, 4) is 0 Å². The topological polar surface area (TPSA) is 36.4 Å². The first-order valence-electron chi connectivity index (χ1n) is 9.84. The van der Waals surface area contributed by atoms with Gasteiger partial charge < -0.3 is 4.90 Å². The number of anilines is 1. The summed E-state index contributed by atoms with van der Waals surface area (Å²) in [4.78, 5) is 22.3. The van der Waals surface area contributed by atoms with Gasteiger partial charge >= 0.3 is 0 Å². The zero-order valence-electron chi connectivity index (χ0n) is 15.1. The molecule has 136 valence electrons. The molecule has 2 aromatic rings. The first-order valence-corrected chi connectivity index (χ1v) is 10.7. The molecule has 0 bridgehead atoms. The molecule has 1 aromatic carbocycles. The second kappa shape index (κ2) is 6.78. The Labute approximate surface area is 158 Å². The van der Waals surface area contributed by atoms with Crippen molar-refractivity contribution in [3.63, 3.8) is 0 Å². The van der Waals surface area contributed by atoms with Crippen molar-refractivity contribution in [3.05, 3.63) is 45.9 Å². The van der Waals surface area contributed by atoms with Crippen molar-refractivity contribution in [2.75, 3.05) is 24.5 Å². The summed E-state index contributed by atoms with van der Waals surface area (Å²) >= 11 is 1.83. The number of fused-ring (bicyclic) bond motifs is 1. The molecule has 1 saturated heterocycles. The van der Waals surface area contributed by atoms with Crippen LogP contribution in [0, 0.1) is 5.92 Å². The Balaban J connectivity index is 1.17. The van der Waals surface area contributed by atoms with Crippen molar-refractivity contribution in [1.29, 1.82) is 0 Å². The lowest BCUT2D eigenvalue weighted by molar-refractivity contribution is -0.123. The van der Waals surface area contributed by atoms with E-state index in [1.807, 2.05) is 22.3 Å². The molecule has 2 fully saturated rings. The minimum atomic E-state index is 0.176. The van der Waals surface area contributed by atoms with Crippen LogP contribution in [0.3, 0.4) is 0 Å². The molecule has 3 aliphatic rings. The van der Waals surface area contributed by atoms with Gasteiger partial charge in [0, 0.05) is 36.0 Å². The molecule has 1 aromatic heterocycles. The van der Waals surface area contributed by atoms with E-state index >= 15 is 0 Å². The summed E-state index contributed by atoms with van der Waals surface area (Å²) in [7, 11) is 0. The van der Waals surface area contributed by atoms with Crippen molar-refractivity contribution in [2.24, 2.45) is 5.92 Å². The third kappa shape index (κ3) is 3.19. The van der Waals surface area contributed by atoms with Gasteiger partial charge in [0.05, 0.1) is 10.7 Å². The third-order valence-corrected chi connectivity index (χ3v) is 7.03. The Morgan fingerprint density at radius 1 is 1.12 bits per heavy atom. The van der Waals surface area contributed by atoms with Gasteiger partial charge in [-0.1, -0.05) is 18.2 Å².